The van der Waals surface area contributed by atoms with Crippen molar-refractivity contribution in [2.45, 2.75) is 57.4 Å². The van der Waals surface area contributed by atoms with E-state index in [-0.39, 0.29) is 21.4 Å². The summed E-state index contributed by atoms with van der Waals surface area (Å²) in [5.41, 5.74) is 7.19. The fraction of sp³-hybridized carbons (Fsp3) is 0.600. The average molecular weight is 331 g/mol. The molecule has 2 rings (SSSR count). The molecule has 4 nitrogen and oxygen atoms in total. The van der Waals surface area contributed by atoms with Gasteiger partial charge in [-0.15, -0.1) is 0 Å². The van der Waals surface area contributed by atoms with Crippen LogP contribution in [0.3, 0.4) is 0 Å². The number of rotatable bonds is 3. The lowest BCUT2D eigenvalue weighted by atomic mass is 9.75. The maximum atomic E-state index is 12.5. The molecule has 1 aliphatic rings. The minimum atomic E-state index is -3.64. The van der Waals surface area contributed by atoms with Crippen LogP contribution >= 0.6 is 11.6 Å². The van der Waals surface area contributed by atoms with Crippen LogP contribution in [0.4, 0.5) is 5.69 Å². The lowest BCUT2D eigenvalue weighted by Gasteiger charge is -2.35. The van der Waals surface area contributed by atoms with Crippen LogP contribution in [0.1, 0.15) is 45.1 Å². The lowest BCUT2D eigenvalue weighted by molar-refractivity contribution is 0.212. The molecule has 1 aromatic carbocycles. The molecule has 1 atom stereocenters. The molecular weight excluding hydrogens is 308 g/mol. The molecule has 118 valence electrons. The maximum absolute atomic E-state index is 12.5. The van der Waals surface area contributed by atoms with Crippen LogP contribution in [0.25, 0.3) is 0 Å². The van der Waals surface area contributed by atoms with Crippen molar-refractivity contribution in [1.82, 2.24) is 4.72 Å². The van der Waals surface area contributed by atoms with Crippen molar-refractivity contribution in [3.8, 4) is 0 Å². The van der Waals surface area contributed by atoms with Gasteiger partial charge < -0.3 is 5.73 Å². The molecule has 1 aromatic rings. The summed E-state index contributed by atoms with van der Waals surface area (Å²) < 4.78 is 27.9. The van der Waals surface area contributed by atoms with Crippen molar-refractivity contribution in [2.75, 3.05) is 5.73 Å². The fourth-order valence-corrected chi connectivity index (χ4v) is 4.84. The zero-order valence-corrected chi connectivity index (χ0v) is 14.3. The molecule has 1 unspecified atom stereocenters. The molecule has 1 fully saturated rings. The molecule has 0 bridgehead atoms. The second kappa shape index (κ2) is 5.78. The third-order valence-electron chi connectivity index (χ3n) is 4.14. The normalized spacial score (nSPS) is 22.2. The number of nitrogens with two attached hydrogens (primary N) is 1. The van der Waals surface area contributed by atoms with E-state index in [9.17, 15) is 8.42 Å². The predicted molar refractivity (Wildman–Crippen MR) is 87.0 cm³/mol. The number of benzene rings is 1. The average Bonchev–Trinajstić information content (AvgIpc) is 2.31. The van der Waals surface area contributed by atoms with Gasteiger partial charge in [-0.1, -0.05) is 31.9 Å². The monoisotopic (exact) mass is 330 g/mol. The third-order valence-corrected chi connectivity index (χ3v) is 6.12. The van der Waals surface area contributed by atoms with E-state index < -0.39 is 10.0 Å². The van der Waals surface area contributed by atoms with Gasteiger partial charge in [-0.2, -0.15) is 0 Å². The standard InChI is InChI=1S/C15H23ClN2O2S/c1-10-7-12(16)14(8-13(10)17)21(19,20)18-11-5-4-6-15(2,3)9-11/h7-8,11,18H,4-6,9,17H2,1-3H3. The molecule has 0 saturated heterocycles. The van der Waals surface area contributed by atoms with E-state index in [1.807, 2.05) is 0 Å². The van der Waals surface area contributed by atoms with Crippen LogP contribution < -0.4 is 10.5 Å². The Morgan fingerprint density at radius 2 is 2.05 bits per heavy atom. The SMILES string of the molecule is Cc1cc(Cl)c(S(=O)(=O)NC2CCCC(C)(C)C2)cc1N. The number of hydrogen-bond acceptors (Lipinski definition) is 3. The van der Waals surface area contributed by atoms with Gasteiger partial charge in [0.2, 0.25) is 10.0 Å². The second-order valence-corrected chi connectivity index (χ2v) is 8.81. The molecule has 21 heavy (non-hydrogen) atoms. The third kappa shape index (κ3) is 3.90. The van der Waals surface area contributed by atoms with Crippen molar-refractivity contribution < 1.29 is 8.42 Å². The summed E-state index contributed by atoms with van der Waals surface area (Å²) in [7, 11) is -3.64. The highest BCUT2D eigenvalue weighted by Crippen LogP contribution is 2.36. The Kier molecular flexibility index (Phi) is 4.57. The highest BCUT2D eigenvalue weighted by molar-refractivity contribution is 7.89. The van der Waals surface area contributed by atoms with Crippen molar-refractivity contribution in [3.05, 3.63) is 22.7 Å². The highest BCUT2D eigenvalue weighted by atomic mass is 35.5. The largest absolute Gasteiger partial charge is 0.398 e. The number of nitrogen functional groups attached to an aromatic ring is 1. The van der Waals surface area contributed by atoms with Crippen molar-refractivity contribution in [2.24, 2.45) is 5.41 Å². The summed E-state index contributed by atoms with van der Waals surface area (Å²) in [5.74, 6) is 0. The molecule has 0 amide bonds. The van der Waals surface area contributed by atoms with Crippen molar-refractivity contribution >= 4 is 27.3 Å². The Hall–Kier alpha value is -0.780. The van der Waals surface area contributed by atoms with E-state index in [4.69, 9.17) is 17.3 Å². The lowest BCUT2D eigenvalue weighted by Crippen LogP contribution is -2.40. The van der Waals surface area contributed by atoms with Crippen LogP contribution in [0.15, 0.2) is 17.0 Å². The maximum Gasteiger partial charge on any atom is 0.242 e. The Labute approximate surface area is 132 Å². The molecule has 0 aromatic heterocycles. The van der Waals surface area contributed by atoms with Gasteiger partial charge in [0.15, 0.2) is 0 Å². The molecule has 3 N–H and O–H groups in total. The zero-order valence-electron chi connectivity index (χ0n) is 12.7. The molecule has 0 aliphatic heterocycles. The van der Waals surface area contributed by atoms with Gasteiger partial charge in [-0.25, -0.2) is 13.1 Å². The van der Waals surface area contributed by atoms with Gasteiger partial charge >= 0.3 is 0 Å². The zero-order chi connectivity index (χ0) is 15.8. The predicted octanol–water partition coefficient (Wildman–Crippen LogP) is 3.48. The Morgan fingerprint density at radius 3 is 2.67 bits per heavy atom. The van der Waals surface area contributed by atoms with Gasteiger partial charge in [0.05, 0.1) is 5.02 Å². The minimum absolute atomic E-state index is 0.0441. The summed E-state index contributed by atoms with van der Waals surface area (Å²) in [4.78, 5) is 0.0654. The number of sulfonamides is 1. The molecular formula is C15H23ClN2O2S. The molecule has 0 heterocycles. The first-order chi connectivity index (χ1) is 9.61. The minimum Gasteiger partial charge on any atom is -0.398 e. The number of nitrogens with one attached hydrogen (secondary N) is 1. The van der Waals surface area contributed by atoms with Crippen LogP contribution in [0.2, 0.25) is 5.02 Å². The first-order valence-electron chi connectivity index (χ1n) is 7.19. The van der Waals surface area contributed by atoms with E-state index in [0.717, 1.165) is 31.2 Å². The highest BCUT2D eigenvalue weighted by Gasteiger charge is 2.31. The smallest absolute Gasteiger partial charge is 0.242 e. The van der Waals surface area contributed by atoms with E-state index in [1.165, 1.54) is 6.07 Å². The van der Waals surface area contributed by atoms with E-state index in [1.54, 1.807) is 13.0 Å². The Balaban J connectivity index is 2.25. The van der Waals surface area contributed by atoms with Gasteiger partial charge in [-0.3, -0.25) is 0 Å². The second-order valence-electron chi connectivity index (χ2n) is 6.72. The summed E-state index contributed by atoms with van der Waals surface area (Å²) in [6.45, 7) is 6.14. The van der Waals surface area contributed by atoms with Crippen molar-refractivity contribution in [1.29, 1.82) is 0 Å². The van der Waals surface area contributed by atoms with Crippen LogP contribution in [0, 0.1) is 12.3 Å². The van der Waals surface area contributed by atoms with Crippen LogP contribution in [0.5, 0.6) is 0 Å². The number of halogens is 1. The van der Waals surface area contributed by atoms with Crippen LogP contribution in [-0.4, -0.2) is 14.5 Å². The van der Waals surface area contributed by atoms with Gasteiger partial charge in [-0.05, 0) is 49.3 Å². The first-order valence-corrected chi connectivity index (χ1v) is 9.05. The topological polar surface area (TPSA) is 72.2 Å². The quantitative estimate of drug-likeness (QED) is 0.833. The summed E-state index contributed by atoms with van der Waals surface area (Å²) in [6.07, 6.45) is 3.86. The first kappa shape index (κ1) is 16.6. The Morgan fingerprint density at radius 1 is 1.38 bits per heavy atom. The molecule has 0 spiro atoms. The van der Waals surface area contributed by atoms with E-state index in [2.05, 4.69) is 18.6 Å². The fourth-order valence-electron chi connectivity index (χ4n) is 2.96. The van der Waals surface area contributed by atoms with Gasteiger partial charge in [0.25, 0.3) is 0 Å². The summed E-state index contributed by atoms with van der Waals surface area (Å²) >= 11 is 6.09. The van der Waals surface area contributed by atoms with Crippen LogP contribution in [-0.2, 0) is 10.0 Å². The summed E-state index contributed by atoms with van der Waals surface area (Å²) in [5, 5.41) is 0.212. The Bertz CT molecular complexity index is 641. The summed E-state index contributed by atoms with van der Waals surface area (Å²) in [6, 6.07) is 2.99. The molecule has 6 heteroatoms. The molecule has 1 saturated carbocycles. The van der Waals surface area contributed by atoms with Gasteiger partial charge in [0.1, 0.15) is 4.90 Å². The van der Waals surface area contributed by atoms with Crippen molar-refractivity contribution in [3.63, 3.8) is 0 Å². The molecule has 0 radical (unpaired) electrons. The number of hydrogen-bond donors (Lipinski definition) is 2. The van der Waals surface area contributed by atoms with E-state index >= 15 is 0 Å². The number of anilines is 1. The molecule has 1 aliphatic carbocycles. The number of aryl methyl sites for hydroxylation is 1. The van der Waals surface area contributed by atoms with Gasteiger partial charge in [0, 0.05) is 11.7 Å². The van der Waals surface area contributed by atoms with E-state index in [0.29, 0.717) is 5.69 Å².